The second kappa shape index (κ2) is 16.5. The highest BCUT2D eigenvalue weighted by Gasteiger charge is 2.28. The van der Waals surface area contributed by atoms with Crippen molar-refractivity contribution < 1.29 is 32.3 Å². The summed E-state index contributed by atoms with van der Waals surface area (Å²) >= 11 is 0. The van der Waals surface area contributed by atoms with Crippen LogP contribution in [-0.4, -0.2) is 39.5 Å². The van der Waals surface area contributed by atoms with Crippen LogP contribution in [0, 0.1) is 6.92 Å². The van der Waals surface area contributed by atoms with Gasteiger partial charge in [-0.1, -0.05) is 64.0 Å². The highest BCUT2D eigenvalue weighted by molar-refractivity contribution is 5.92. The molecule has 0 aliphatic rings. The first-order valence-corrected chi connectivity index (χ1v) is 14.7. The van der Waals surface area contributed by atoms with E-state index in [4.69, 9.17) is 18.7 Å². The quantitative estimate of drug-likeness (QED) is 0.123. The third kappa shape index (κ3) is 10.9. The van der Waals surface area contributed by atoms with Crippen LogP contribution < -0.4 is 10.1 Å². The number of benzene rings is 1. The number of unbranched alkanes of at least 4 members (excludes halogenated alkanes) is 7. The van der Waals surface area contributed by atoms with E-state index in [0.717, 1.165) is 25.6 Å². The number of nitrogens with one attached hydrogen (secondary N) is 1. The molecule has 0 atom stereocenters. The van der Waals surface area contributed by atoms with Crippen molar-refractivity contribution >= 4 is 11.7 Å². The lowest BCUT2D eigenvalue weighted by Gasteiger charge is -2.05. The van der Waals surface area contributed by atoms with E-state index in [1.807, 2.05) is 6.20 Å². The molecular formula is C32H42F2N4O5. The number of carboxylic acid groups (broad SMARTS) is 1. The first kappa shape index (κ1) is 33.4. The first-order valence-electron chi connectivity index (χ1n) is 14.7. The van der Waals surface area contributed by atoms with Crippen molar-refractivity contribution in [2.45, 2.75) is 84.6 Å². The topological polar surface area (TPSA) is 116 Å². The van der Waals surface area contributed by atoms with Crippen LogP contribution in [0.1, 0.15) is 93.1 Å². The van der Waals surface area contributed by atoms with Crippen LogP contribution >= 0.6 is 0 Å². The number of halogens is 2. The maximum absolute atomic E-state index is 13.2. The van der Waals surface area contributed by atoms with Gasteiger partial charge in [0.05, 0.1) is 25.5 Å². The van der Waals surface area contributed by atoms with E-state index < -0.39 is 11.9 Å². The number of methoxy groups -OCH3 is 1. The number of rotatable bonds is 16. The molecule has 2 N–H and O–H groups in total. The maximum Gasteiger partial charge on any atom is 0.358 e. The first-order chi connectivity index (χ1) is 20.6. The van der Waals surface area contributed by atoms with Gasteiger partial charge in [0.1, 0.15) is 11.5 Å². The predicted octanol–water partition coefficient (Wildman–Crippen LogP) is 8.55. The summed E-state index contributed by atoms with van der Waals surface area (Å²) in [4.78, 5) is 14.8. The third-order valence-corrected chi connectivity index (χ3v) is 6.67. The zero-order valence-electron chi connectivity index (χ0n) is 25.4. The molecule has 0 spiro atoms. The Morgan fingerprint density at radius 1 is 1.07 bits per heavy atom. The number of hydrogen-bond donors (Lipinski definition) is 2. The van der Waals surface area contributed by atoms with Gasteiger partial charge in [-0.15, -0.1) is 0 Å². The molecule has 0 saturated carbocycles. The van der Waals surface area contributed by atoms with Gasteiger partial charge in [0.2, 0.25) is 0 Å². The Morgan fingerprint density at radius 2 is 1.79 bits per heavy atom. The largest absolute Gasteiger partial charge is 0.497 e. The van der Waals surface area contributed by atoms with Crippen LogP contribution in [0.2, 0.25) is 0 Å². The highest BCUT2D eigenvalue weighted by Crippen LogP contribution is 2.29. The fraction of sp³-hybridized carbons (Fsp3) is 0.469. The number of ether oxygens (including phenoxy) is 1. The molecule has 0 amide bonds. The number of aromatic nitrogens is 3. The monoisotopic (exact) mass is 600 g/mol. The van der Waals surface area contributed by atoms with Crippen LogP contribution in [0.15, 0.2) is 57.6 Å². The van der Waals surface area contributed by atoms with E-state index >= 15 is 0 Å². The van der Waals surface area contributed by atoms with Gasteiger partial charge in [-0.05, 0) is 30.7 Å². The second-order valence-electron chi connectivity index (χ2n) is 10.4. The maximum atomic E-state index is 13.2. The van der Waals surface area contributed by atoms with Crippen LogP contribution in [0.3, 0.4) is 0 Å². The summed E-state index contributed by atoms with van der Waals surface area (Å²) in [5, 5.41) is 16.6. The number of anilines is 1. The molecule has 0 saturated heterocycles. The second-order valence-corrected chi connectivity index (χ2v) is 10.4. The molecule has 0 bridgehead atoms. The molecule has 234 valence electrons. The summed E-state index contributed by atoms with van der Waals surface area (Å²) in [7, 11) is 1.54. The number of oxazole rings is 1. The van der Waals surface area contributed by atoms with E-state index in [1.165, 1.54) is 51.0 Å². The molecule has 43 heavy (non-hydrogen) atoms. The Labute approximate surface area is 251 Å². The van der Waals surface area contributed by atoms with Crippen molar-refractivity contribution in [2.75, 3.05) is 19.0 Å². The van der Waals surface area contributed by atoms with Crippen LogP contribution in [0.5, 0.6) is 5.75 Å². The Morgan fingerprint density at radius 3 is 2.44 bits per heavy atom. The number of furan rings is 1. The summed E-state index contributed by atoms with van der Waals surface area (Å²) in [5.41, 5.74) is 1.48. The fourth-order valence-electron chi connectivity index (χ4n) is 4.42. The van der Waals surface area contributed by atoms with Gasteiger partial charge in [-0.2, -0.15) is 13.9 Å². The van der Waals surface area contributed by atoms with E-state index in [1.54, 1.807) is 55.2 Å². The molecule has 3 aromatic heterocycles. The molecule has 9 nitrogen and oxygen atoms in total. The molecule has 3 heterocycles. The summed E-state index contributed by atoms with van der Waals surface area (Å²) in [6.45, 7) is 5.94. The Bertz CT molecular complexity index is 1410. The van der Waals surface area contributed by atoms with Gasteiger partial charge in [0, 0.05) is 32.2 Å². The van der Waals surface area contributed by atoms with E-state index in [0.29, 0.717) is 29.5 Å². The summed E-state index contributed by atoms with van der Waals surface area (Å²) < 4.78 is 43.6. The summed E-state index contributed by atoms with van der Waals surface area (Å²) in [6, 6.07) is 9.87. The molecule has 0 unspecified atom stereocenters. The molecule has 0 radical (unpaired) electrons. The van der Waals surface area contributed by atoms with Gasteiger partial charge in [-0.3, -0.25) is 4.68 Å². The number of aromatic carboxylic acids is 1. The smallest absolute Gasteiger partial charge is 0.358 e. The lowest BCUT2D eigenvalue weighted by molar-refractivity contribution is -0.00637. The van der Waals surface area contributed by atoms with Crippen LogP contribution in [-0.2, 0) is 12.5 Å². The Kier molecular flexibility index (Phi) is 12.8. The van der Waals surface area contributed by atoms with Gasteiger partial charge in [-0.25, -0.2) is 9.78 Å². The van der Waals surface area contributed by atoms with E-state index in [9.17, 15) is 13.6 Å². The van der Waals surface area contributed by atoms with Crippen LogP contribution in [0.25, 0.3) is 11.3 Å². The zero-order valence-corrected chi connectivity index (χ0v) is 25.4. The predicted molar refractivity (Wildman–Crippen MR) is 161 cm³/mol. The molecule has 1 aromatic carbocycles. The van der Waals surface area contributed by atoms with Crippen molar-refractivity contribution in [3.8, 4) is 17.1 Å². The number of aryl methyl sites for hydroxylation is 1. The number of carbonyl (C=O) groups is 1. The lowest BCUT2D eigenvalue weighted by atomic mass is 10.1. The number of carboxylic acids is 1. The summed E-state index contributed by atoms with van der Waals surface area (Å²) in [5.74, 6) is -2.71. The average Bonchev–Trinajstić information content (AvgIpc) is 3.73. The minimum atomic E-state index is -2.95. The van der Waals surface area contributed by atoms with Crippen molar-refractivity contribution in [2.24, 2.45) is 0 Å². The number of nitrogens with zero attached hydrogens (tertiary/aromatic N) is 3. The van der Waals surface area contributed by atoms with Gasteiger partial charge >= 0.3 is 11.9 Å². The van der Waals surface area contributed by atoms with Gasteiger partial charge in [0.25, 0.3) is 0 Å². The Hall–Kier alpha value is -4.15. The number of alkyl halides is 2. The average molecular weight is 601 g/mol. The third-order valence-electron chi connectivity index (χ3n) is 6.67. The molecule has 0 fully saturated rings. The zero-order chi connectivity index (χ0) is 31.2. The molecular weight excluding hydrogens is 558 g/mol. The van der Waals surface area contributed by atoms with Crippen molar-refractivity contribution in [3.63, 3.8) is 0 Å². The van der Waals surface area contributed by atoms with Gasteiger partial charge in [0.15, 0.2) is 23.1 Å². The van der Waals surface area contributed by atoms with Crippen molar-refractivity contribution in [1.29, 1.82) is 0 Å². The molecule has 4 aromatic rings. The lowest BCUT2D eigenvalue weighted by Crippen LogP contribution is -2.05. The van der Waals surface area contributed by atoms with E-state index in [2.05, 4.69) is 22.3 Å². The minimum absolute atomic E-state index is 0.0873. The summed E-state index contributed by atoms with van der Waals surface area (Å²) in [6.07, 6.45) is 14.0. The number of hydrogen-bond acceptors (Lipinski definition) is 7. The van der Waals surface area contributed by atoms with Crippen molar-refractivity contribution in [3.05, 3.63) is 71.9 Å². The molecule has 11 heteroatoms. The molecule has 0 aliphatic heterocycles. The SMILES string of the molecule is CCCCCCCCCCNc1cnn(Cc2ccc(C(C)(F)F)o2)c1.COc1cccc(-c2oc(C)nc2C(=O)O)c1. The van der Waals surface area contributed by atoms with Crippen molar-refractivity contribution in [1.82, 2.24) is 14.8 Å². The van der Waals surface area contributed by atoms with Gasteiger partial charge < -0.3 is 24.0 Å². The highest BCUT2D eigenvalue weighted by atomic mass is 19.3. The normalized spacial score (nSPS) is 11.2. The van der Waals surface area contributed by atoms with E-state index in [-0.39, 0.29) is 17.2 Å². The Balaban J connectivity index is 0.000000257. The standard InChI is InChI=1S/C20H31F2N3O.C12H11NO4/c1-3-4-5-6-7-8-9-10-13-23-17-14-24-25(15-17)16-18-11-12-19(26-18)20(2,21)22;1-7-13-10(12(14)15)11(17-7)8-4-3-5-9(6-8)16-2/h11-12,14-15,23H,3-10,13,16H2,1-2H3;3-6H,1-2H3,(H,14,15). The molecule has 4 rings (SSSR count). The minimum Gasteiger partial charge on any atom is -0.497 e. The fourth-order valence-corrected chi connectivity index (χ4v) is 4.42. The van der Waals surface area contributed by atoms with Crippen LogP contribution in [0.4, 0.5) is 14.5 Å². The molecule has 0 aliphatic carbocycles.